The molecule has 0 atom stereocenters. The smallest absolute Gasteiger partial charge is 0.244 e. The highest BCUT2D eigenvalue weighted by atomic mass is 16.1. The second-order valence-electron chi connectivity index (χ2n) is 4.76. The van der Waals surface area contributed by atoms with Crippen LogP contribution >= 0.6 is 0 Å². The normalized spacial score (nSPS) is 11.6. The summed E-state index contributed by atoms with van der Waals surface area (Å²) >= 11 is 0. The number of allylic oxidation sites excluding steroid dienone is 3. The second kappa shape index (κ2) is 8.27. The number of amides is 1. The van der Waals surface area contributed by atoms with E-state index in [4.69, 9.17) is 0 Å². The molecule has 0 aromatic heterocycles. The highest BCUT2D eigenvalue weighted by molar-refractivity contribution is 5.87. The van der Waals surface area contributed by atoms with E-state index >= 15 is 0 Å². The third-order valence-corrected chi connectivity index (χ3v) is 2.67. The molecule has 1 aromatic rings. The van der Waals surface area contributed by atoms with Gasteiger partial charge in [-0.2, -0.15) is 0 Å². The van der Waals surface area contributed by atoms with Gasteiger partial charge in [-0.05, 0) is 12.5 Å². The van der Waals surface area contributed by atoms with E-state index in [9.17, 15) is 4.79 Å². The molecule has 0 heterocycles. The standard InChI is InChI=1S/C16H22N2O/c1-4-5-6-11-16(19)17-12-14-9-7-8-10-15(14)13-18(2)3/h4-11H,12-13H2,1-3H3,(H,17,19)/p+1/b5-4+,11-6+. The molecule has 3 nitrogen and oxygen atoms in total. The van der Waals surface area contributed by atoms with Crippen LogP contribution in [0.1, 0.15) is 18.1 Å². The van der Waals surface area contributed by atoms with E-state index in [1.807, 2.05) is 31.2 Å². The van der Waals surface area contributed by atoms with Crippen LogP contribution in [0.15, 0.2) is 48.6 Å². The summed E-state index contributed by atoms with van der Waals surface area (Å²) in [6, 6.07) is 8.22. The number of hydrogen-bond acceptors (Lipinski definition) is 1. The summed E-state index contributed by atoms with van der Waals surface area (Å²) in [7, 11) is 4.24. The van der Waals surface area contributed by atoms with Gasteiger partial charge in [0, 0.05) is 18.2 Å². The van der Waals surface area contributed by atoms with Crippen LogP contribution in [0.2, 0.25) is 0 Å². The van der Waals surface area contributed by atoms with Gasteiger partial charge < -0.3 is 10.2 Å². The SMILES string of the molecule is C/C=C/C=C/C(=O)NCc1ccccc1C[NH+](C)C. The molecule has 0 saturated heterocycles. The van der Waals surface area contributed by atoms with E-state index < -0.39 is 0 Å². The van der Waals surface area contributed by atoms with Crippen molar-refractivity contribution in [1.29, 1.82) is 0 Å². The Bertz CT molecular complexity index is 462. The molecular formula is C16H23N2O+. The van der Waals surface area contributed by atoms with Gasteiger partial charge in [-0.3, -0.25) is 4.79 Å². The highest BCUT2D eigenvalue weighted by Gasteiger charge is 2.05. The zero-order valence-corrected chi connectivity index (χ0v) is 11.9. The van der Waals surface area contributed by atoms with Crippen molar-refractivity contribution in [1.82, 2.24) is 5.32 Å². The third kappa shape index (κ3) is 6.02. The van der Waals surface area contributed by atoms with Crippen molar-refractivity contribution < 1.29 is 9.69 Å². The Kier molecular flexibility index (Phi) is 6.61. The maximum absolute atomic E-state index is 11.6. The molecule has 0 aliphatic rings. The number of quaternary nitrogens is 1. The predicted octanol–water partition coefficient (Wildman–Crippen LogP) is 1.08. The van der Waals surface area contributed by atoms with Gasteiger partial charge in [0.2, 0.25) is 5.91 Å². The number of carbonyl (C=O) groups excluding carboxylic acids is 1. The average Bonchev–Trinajstić information content (AvgIpc) is 2.37. The Morgan fingerprint density at radius 3 is 2.53 bits per heavy atom. The Hall–Kier alpha value is -1.87. The van der Waals surface area contributed by atoms with Gasteiger partial charge >= 0.3 is 0 Å². The first-order chi connectivity index (χ1) is 9.13. The van der Waals surface area contributed by atoms with Crippen LogP contribution in [0.3, 0.4) is 0 Å². The number of rotatable bonds is 6. The summed E-state index contributed by atoms with van der Waals surface area (Å²) in [5, 5.41) is 2.90. The van der Waals surface area contributed by atoms with Crippen molar-refractivity contribution in [2.45, 2.75) is 20.0 Å². The summed E-state index contributed by atoms with van der Waals surface area (Å²) in [6.07, 6.45) is 7.01. The van der Waals surface area contributed by atoms with Crippen LogP contribution in [-0.2, 0) is 17.9 Å². The highest BCUT2D eigenvalue weighted by Crippen LogP contribution is 2.07. The molecule has 1 aromatic carbocycles. The average molecular weight is 259 g/mol. The summed E-state index contributed by atoms with van der Waals surface area (Å²) in [4.78, 5) is 13.0. The molecule has 0 radical (unpaired) electrons. The molecular weight excluding hydrogens is 236 g/mol. The molecule has 0 saturated carbocycles. The first kappa shape index (κ1) is 15.2. The molecule has 1 rings (SSSR count). The molecule has 102 valence electrons. The topological polar surface area (TPSA) is 33.5 Å². The maximum atomic E-state index is 11.6. The van der Waals surface area contributed by atoms with Gasteiger partial charge in [-0.1, -0.05) is 42.5 Å². The molecule has 2 N–H and O–H groups in total. The molecule has 0 aliphatic heterocycles. The fraction of sp³-hybridized carbons (Fsp3) is 0.312. The number of hydrogen-bond donors (Lipinski definition) is 2. The van der Waals surface area contributed by atoms with Gasteiger partial charge in [0.25, 0.3) is 0 Å². The van der Waals surface area contributed by atoms with Crippen molar-refractivity contribution in [3.63, 3.8) is 0 Å². The lowest BCUT2D eigenvalue weighted by atomic mass is 10.1. The van der Waals surface area contributed by atoms with E-state index in [0.717, 1.165) is 6.54 Å². The van der Waals surface area contributed by atoms with E-state index in [-0.39, 0.29) is 5.91 Å². The Labute approximate surface area is 115 Å². The van der Waals surface area contributed by atoms with Crippen LogP contribution in [0.4, 0.5) is 0 Å². The van der Waals surface area contributed by atoms with Gasteiger partial charge in [0.15, 0.2) is 0 Å². The zero-order chi connectivity index (χ0) is 14.1. The Morgan fingerprint density at radius 1 is 1.21 bits per heavy atom. The fourth-order valence-electron chi connectivity index (χ4n) is 1.78. The Balaban J connectivity index is 2.59. The number of benzene rings is 1. The first-order valence-corrected chi connectivity index (χ1v) is 6.56. The quantitative estimate of drug-likeness (QED) is 0.582. The Morgan fingerprint density at radius 2 is 1.89 bits per heavy atom. The molecule has 0 fully saturated rings. The number of carbonyl (C=O) groups is 1. The molecule has 1 amide bonds. The minimum atomic E-state index is -0.0647. The summed E-state index contributed by atoms with van der Waals surface area (Å²) in [5.41, 5.74) is 2.46. The number of nitrogens with one attached hydrogen (secondary N) is 2. The minimum Gasteiger partial charge on any atom is -0.348 e. The lowest BCUT2D eigenvalue weighted by Crippen LogP contribution is -3.04. The molecule has 0 aliphatic carbocycles. The lowest BCUT2D eigenvalue weighted by Gasteiger charge is -2.12. The summed E-state index contributed by atoms with van der Waals surface area (Å²) in [5.74, 6) is -0.0647. The molecule has 0 spiro atoms. The van der Waals surface area contributed by atoms with Gasteiger partial charge in [0.05, 0.1) is 14.1 Å². The van der Waals surface area contributed by atoms with E-state index in [1.165, 1.54) is 16.0 Å². The van der Waals surface area contributed by atoms with Crippen LogP contribution in [-0.4, -0.2) is 20.0 Å². The van der Waals surface area contributed by atoms with Crippen molar-refractivity contribution in [3.8, 4) is 0 Å². The van der Waals surface area contributed by atoms with Crippen LogP contribution in [0.5, 0.6) is 0 Å². The van der Waals surface area contributed by atoms with E-state index in [1.54, 1.807) is 12.2 Å². The van der Waals surface area contributed by atoms with Crippen LogP contribution < -0.4 is 10.2 Å². The van der Waals surface area contributed by atoms with Crippen molar-refractivity contribution >= 4 is 5.91 Å². The molecule has 0 bridgehead atoms. The maximum Gasteiger partial charge on any atom is 0.244 e. The van der Waals surface area contributed by atoms with Crippen LogP contribution in [0, 0.1) is 0 Å². The third-order valence-electron chi connectivity index (χ3n) is 2.67. The van der Waals surface area contributed by atoms with E-state index in [0.29, 0.717) is 6.54 Å². The van der Waals surface area contributed by atoms with Crippen molar-refractivity contribution in [2.75, 3.05) is 14.1 Å². The van der Waals surface area contributed by atoms with E-state index in [2.05, 4.69) is 31.5 Å². The van der Waals surface area contributed by atoms with Crippen molar-refractivity contribution in [3.05, 3.63) is 59.7 Å². The zero-order valence-electron chi connectivity index (χ0n) is 11.9. The van der Waals surface area contributed by atoms with Gasteiger partial charge in [-0.25, -0.2) is 0 Å². The molecule has 19 heavy (non-hydrogen) atoms. The second-order valence-corrected chi connectivity index (χ2v) is 4.76. The van der Waals surface area contributed by atoms with Gasteiger partial charge in [-0.15, -0.1) is 0 Å². The largest absolute Gasteiger partial charge is 0.348 e. The van der Waals surface area contributed by atoms with Gasteiger partial charge in [0.1, 0.15) is 6.54 Å². The first-order valence-electron chi connectivity index (χ1n) is 6.56. The van der Waals surface area contributed by atoms with Crippen LogP contribution in [0.25, 0.3) is 0 Å². The lowest BCUT2D eigenvalue weighted by molar-refractivity contribution is -0.872. The minimum absolute atomic E-state index is 0.0647. The van der Waals surface area contributed by atoms with Crippen molar-refractivity contribution in [2.24, 2.45) is 0 Å². The summed E-state index contributed by atoms with van der Waals surface area (Å²) in [6.45, 7) is 3.45. The predicted molar refractivity (Wildman–Crippen MR) is 78.8 cm³/mol. The molecule has 3 heteroatoms. The fourth-order valence-corrected chi connectivity index (χ4v) is 1.78. The summed E-state index contributed by atoms with van der Waals surface area (Å²) < 4.78 is 0. The molecule has 0 unspecified atom stereocenters. The monoisotopic (exact) mass is 259 g/mol.